The molecule has 0 spiro atoms. The first kappa shape index (κ1) is 10.7. The van der Waals surface area contributed by atoms with E-state index in [2.05, 4.69) is 0 Å². The fourth-order valence-corrected chi connectivity index (χ4v) is 1.85. The van der Waals surface area contributed by atoms with Gasteiger partial charge < -0.3 is 4.74 Å². The van der Waals surface area contributed by atoms with E-state index >= 15 is 0 Å². The molecule has 0 fully saturated rings. The molecule has 2 rings (SSSR count). The van der Waals surface area contributed by atoms with Gasteiger partial charge in [0.05, 0.1) is 7.11 Å². The number of methoxy groups -OCH3 is 1. The Labute approximate surface area is 94.8 Å². The van der Waals surface area contributed by atoms with E-state index in [-0.39, 0.29) is 5.92 Å². The van der Waals surface area contributed by atoms with Crippen LogP contribution in [0, 0.1) is 0 Å². The van der Waals surface area contributed by atoms with Gasteiger partial charge in [0.2, 0.25) is 6.29 Å². The van der Waals surface area contributed by atoms with Crippen LogP contribution in [0.15, 0.2) is 36.4 Å². The predicted molar refractivity (Wildman–Crippen MR) is 64.6 cm³/mol. The molecule has 2 aromatic carbocycles. The van der Waals surface area contributed by atoms with Crippen molar-refractivity contribution in [3.05, 3.63) is 42.0 Å². The molecule has 0 aliphatic carbocycles. The largest absolute Gasteiger partial charge is 0.497 e. The summed E-state index contributed by atoms with van der Waals surface area (Å²) < 4.78 is 5.17. The summed E-state index contributed by atoms with van der Waals surface area (Å²) in [4.78, 5) is 10.7. The van der Waals surface area contributed by atoms with Crippen LogP contribution in [0.25, 0.3) is 10.8 Å². The summed E-state index contributed by atoms with van der Waals surface area (Å²) in [6, 6.07) is 11.8. The van der Waals surface area contributed by atoms with Gasteiger partial charge in [-0.25, -0.2) is 0 Å². The first-order valence-corrected chi connectivity index (χ1v) is 5.20. The number of hydrogen-bond donors (Lipinski definition) is 0. The summed E-state index contributed by atoms with van der Waals surface area (Å²) in [5.74, 6) is 0.629. The zero-order chi connectivity index (χ0) is 11.5. The molecular weight excluding hydrogens is 200 g/mol. The van der Waals surface area contributed by atoms with Gasteiger partial charge in [0, 0.05) is 5.92 Å². The van der Waals surface area contributed by atoms with Gasteiger partial charge in [0.1, 0.15) is 5.75 Å². The van der Waals surface area contributed by atoms with Crippen molar-refractivity contribution in [3.8, 4) is 5.75 Å². The molecular formula is C14H13O2. The summed E-state index contributed by atoms with van der Waals surface area (Å²) in [5, 5.41) is 2.16. The lowest BCUT2D eigenvalue weighted by atomic mass is 9.96. The Hall–Kier alpha value is -1.83. The van der Waals surface area contributed by atoms with Crippen LogP contribution in [-0.2, 0) is 4.79 Å². The third-order valence-corrected chi connectivity index (χ3v) is 2.76. The second-order valence-corrected chi connectivity index (χ2v) is 3.77. The van der Waals surface area contributed by atoms with Crippen LogP contribution in [0.5, 0.6) is 5.75 Å². The first-order valence-electron chi connectivity index (χ1n) is 5.20. The van der Waals surface area contributed by atoms with Crippen molar-refractivity contribution in [2.24, 2.45) is 0 Å². The van der Waals surface area contributed by atoms with Gasteiger partial charge in [0.15, 0.2) is 0 Å². The lowest BCUT2D eigenvalue weighted by Crippen LogP contribution is -1.95. The highest BCUT2D eigenvalue weighted by atomic mass is 16.5. The number of fused-ring (bicyclic) bond motifs is 1. The third kappa shape index (κ3) is 1.78. The van der Waals surface area contributed by atoms with Gasteiger partial charge in [-0.05, 0) is 28.5 Å². The molecule has 0 aliphatic rings. The number of hydrogen-bond acceptors (Lipinski definition) is 2. The molecule has 1 atom stereocenters. The summed E-state index contributed by atoms with van der Waals surface area (Å²) in [7, 11) is 1.65. The molecule has 0 heterocycles. The monoisotopic (exact) mass is 213 g/mol. The predicted octanol–water partition coefficient (Wildman–Crippen LogP) is 3.06. The average molecular weight is 213 g/mol. The van der Waals surface area contributed by atoms with Crippen molar-refractivity contribution in [1.82, 2.24) is 0 Å². The standard InChI is InChI=1S/C14H13O2/c1-10(9-15)13-5-3-4-11-8-12(16-2)6-7-14(11)13/h3-8,10H,1-2H3. The normalized spacial score (nSPS) is 12.4. The number of ether oxygens (including phenoxy) is 1. The van der Waals surface area contributed by atoms with Crippen molar-refractivity contribution in [1.29, 1.82) is 0 Å². The van der Waals surface area contributed by atoms with Crippen molar-refractivity contribution < 1.29 is 9.53 Å². The van der Waals surface area contributed by atoms with E-state index in [4.69, 9.17) is 4.74 Å². The lowest BCUT2D eigenvalue weighted by molar-refractivity contribution is 0.415. The van der Waals surface area contributed by atoms with E-state index in [9.17, 15) is 4.79 Å². The van der Waals surface area contributed by atoms with E-state index in [0.717, 1.165) is 22.1 Å². The fourth-order valence-electron chi connectivity index (χ4n) is 1.85. The molecule has 1 radical (unpaired) electrons. The van der Waals surface area contributed by atoms with E-state index in [1.54, 1.807) is 7.11 Å². The van der Waals surface area contributed by atoms with Crippen LogP contribution >= 0.6 is 0 Å². The Bertz CT molecular complexity index is 517. The van der Waals surface area contributed by atoms with Crippen molar-refractivity contribution >= 4 is 17.1 Å². The molecule has 0 amide bonds. The Morgan fingerprint density at radius 3 is 2.75 bits per heavy atom. The molecule has 2 aromatic rings. The van der Waals surface area contributed by atoms with Crippen molar-refractivity contribution in [2.75, 3.05) is 7.11 Å². The van der Waals surface area contributed by atoms with Gasteiger partial charge in [-0.15, -0.1) is 0 Å². The minimum Gasteiger partial charge on any atom is -0.497 e. The number of benzene rings is 2. The third-order valence-electron chi connectivity index (χ3n) is 2.76. The topological polar surface area (TPSA) is 26.3 Å². The van der Waals surface area contributed by atoms with E-state index in [1.807, 2.05) is 49.6 Å². The minimum atomic E-state index is -0.197. The van der Waals surface area contributed by atoms with Gasteiger partial charge in [-0.2, -0.15) is 0 Å². The Balaban J connectivity index is 2.64. The maximum Gasteiger partial charge on any atom is 0.206 e. The van der Waals surface area contributed by atoms with Crippen LogP contribution < -0.4 is 4.74 Å². The second-order valence-electron chi connectivity index (χ2n) is 3.77. The fraction of sp³-hybridized carbons (Fsp3) is 0.214. The molecule has 2 nitrogen and oxygen atoms in total. The molecule has 1 unspecified atom stereocenters. The Morgan fingerprint density at radius 1 is 1.25 bits per heavy atom. The molecule has 0 saturated carbocycles. The van der Waals surface area contributed by atoms with E-state index in [0.29, 0.717) is 0 Å². The maximum atomic E-state index is 10.7. The van der Waals surface area contributed by atoms with Crippen molar-refractivity contribution in [3.63, 3.8) is 0 Å². The van der Waals surface area contributed by atoms with E-state index in [1.165, 1.54) is 0 Å². The zero-order valence-electron chi connectivity index (χ0n) is 9.36. The van der Waals surface area contributed by atoms with Crippen LogP contribution in [0.1, 0.15) is 18.4 Å². The highest BCUT2D eigenvalue weighted by Crippen LogP contribution is 2.27. The van der Waals surface area contributed by atoms with E-state index < -0.39 is 0 Å². The summed E-state index contributed by atoms with van der Waals surface area (Å²) >= 11 is 0. The summed E-state index contributed by atoms with van der Waals surface area (Å²) in [6.45, 7) is 1.85. The lowest BCUT2D eigenvalue weighted by Gasteiger charge is -2.09. The molecule has 2 heteroatoms. The highest BCUT2D eigenvalue weighted by molar-refractivity contribution is 5.89. The highest BCUT2D eigenvalue weighted by Gasteiger charge is 2.09. The summed E-state index contributed by atoms with van der Waals surface area (Å²) in [5.41, 5.74) is 1.01. The molecule has 0 N–H and O–H groups in total. The van der Waals surface area contributed by atoms with Crippen LogP contribution in [0.3, 0.4) is 0 Å². The van der Waals surface area contributed by atoms with Gasteiger partial charge in [-0.1, -0.05) is 31.2 Å². The second kappa shape index (κ2) is 4.35. The van der Waals surface area contributed by atoms with Gasteiger partial charge >= 0.3 is 0 Å². The maximum absolute atomic E-state index is 10.7. The van der Waals surface area contributed by atoms with Crippen molar-refractivity contribution in [2.45, 2.75) is 12.8 Å². The van der Waals surface area contributed by atoms with Gasteiger partial charge in [-0.3, -0.25) is 4.79 Å². The molecule has 0 aromatic heterocycles. The minimum absolute atomic E-state index is 0.197. The molecule has 0 aliphatic heterocycles. The van der Waals surface area contributed by atoms with Crippen LogP contribution in [0.4, 0.5) is 0 Å². The molecule has 0 bridgehead atoms. The first-order chi connectivity index (χ1) is 7.76. The molecule has 0 saturated heterocycles. The SMILES string of the molecule is COc1ccc2c(C(C)[C]=O)cccc2c1. The van der Waals surface area contributed by atoms with Crippen LogP contribution in [-0.4, -0.2) is 13.4 Å². The molecule has 81 valence electrons. The number of carbonyl (C=O) groups excluding carboxylic acids is 1. The smallest absolute Gasteiger partial charge is 0.206 e. The molecule has 16 heavy (non-hydrogen) atoms. The Morgan fingerprint density at radius 2 is 2.06 bits per heavy atom. The Kier molecular flexibility index (Phi) is 2.91. The van der Waals surface area contributed by atoms with Crippen LogP contribution in [0.2, 0.25) is 0 Å². The average Bonchev–Trinajstić information content (AvgIpc) is 2.36. The zero-order valence-corrected chi connectivity index (χ0v) is 9.36. The quantitative estimate of drug-likeness (QED) is 0.783. The number of rotatable bonds is 3. The summed E-state index contributed by atoms with van der Waals surface area (Å²) in [6.07, 6.45) is 2.02. The van der Waals surface area contributed by atoms with Gasteiger partial charge in [0.25, 0.3) is 0 Å².